The topological polar surface area (TPSA) is 161 Å². The number of aromatic amines is 2. The van der Waals surface area contributed by atoms with Crippen molar-refractivity contribution in [1.29, 1.82) is 0 Å². The second kappa shape index (κ2) is 7.76. The van der Waals surface area contributed by atoms with Crippen molar-refractivity contribution in [1.82, 2.24) is 19.9 Å². The second-order valence-electron chi connectivity index (χ2n) is 6.57. The summed E-state index contributed by atoms with van der Waals surface area (Å²) in [4.78, 5) is 35.2. The molecular formula is C20H22CoN8. The summed E-state index contributed by atoms with van der Waals surface area (Å²) in [7, 11) is 0. The number of nitrogens with two attached hydrogens (primary N) is 4. The van der Waals surface area contributed by atoms with Gasteiger partial charge in [0.1, 0.15) is 0 Å². The average molecular weight is 433 g/mol. The van der Waals surface area contributed by atoms with Gasteiger partial charge in [-0.3, -0.25) is 0 Å². The molecule has 3 aromatic rings. The van der Waals surface area contributed by atoms with Crippen molar-refractivity contribution in [3.63, 3.8) is 0 Å². The Hall–Kier alpha value is -3.05. The van der Waals surface area contributed by atoms with E-state index in [2.05, 4.69) is 44.2 Å². The van der Waals surface area contributed by atoms with Gasteiger partial charge in [-0.1, -0.05) is 0 Å². The van der Waals surface area contributed by atoms with Gasteiger partial charge in [-0.25, -0.2) is 9.97 Å². The zero-order chi connectivity index (χ0) is 20.4. The van der Waals surface area contributed by atoms with Crippen LogP contribution in [0.3, 0.4) is 0 Å². The van der Waals surface area contributed by atoms with Gasteiger partial charge in [-0.2, -0.15) is 0 Å². The zero-order valence-corrected chi connectivity index (χ0v) is 16.5. The number of rotatable bonds is 0. The van der Waals surface area contributed by atoms with Gasteiger partial charge in [0.15, 0.2) is 0 Å². The average Bonchev–Trinajstić information content (AvgIpc) is 3.38. The van der Waals surface area contributed by atoms with Crippen molar-refractivity contribution in [2.24, 2.45) is 19.1 Å². The van der Waals surface area contributed by atoms with E-state index in [1.165, 1.54) is 0 Å². The van der Waals surface area contributed by atoms with Crippen LogP contribution in [0, 0.1) is 0 Å². The molecule has 2 aliphatic rings. The summed E-state index contributed by atoms with van der Waals surface area (Å²) in [5, 5.41) is 0. The molecule has 0 saturated heterocycles. The zero-order valence-electron chi connectivity index (χ0n) is 15.5. The van der Waals surface area contributed by atoms with E-state index in [-0.39, 0.29) is 0 Å². The predicted octanol–water partition coefficient (Wildman–Crippen LogP) is 2.29. The van der Waals surface area contributed by atoms with Gasteiger partial charge in [-0.05, 0) is 72.8 Å². The van der Waals surface area contributed by atoms with Crippen LogP contribution in [0.2, 0.25) is 0 Å². The molecule has 0 spiro atoms. The fourth-order valence-corrected chi connectivity index (χ4v) is 2.94. The predicted molar refractivity (Wildman–Crippen MR) is 116 cm³/mol. The summed E-state index contributed by atoms with van der Waals surface area (Å²) in [6, 6.07) is 16.4. The van der Waals surface area contributed by atoms with E-state index in [0.717, 1.165) is 44.8 Å². The van der Waals surface area contributed by atoms with Crippen molar-refractivity contribution < 1.29 is 13.5 Å². The Morgan fingerprint density at radius 3 is 1.00 bits per heavy atom. The molecule has 0 unspecified atom stereocenters. The van der Waals surface area contributed by atoms with Crippen LogP contribution in [0.4, 0.5) is 0 Å². The van der Waals surface area contributed by atoms with Crippen LogP contribution < -0.4 is 19.1 Å². The van der Waals surface area contributed by atoms with E-state index in [1.807, 2.05) is 48.6 Å². The monoisotopic (exact) mass is 433 g/mol. The number of nitrogens with one attached hydrogen (secondary N) is 2. The number of H-pyrrole nitrogens is 2. The van der Waals surface area contributed by atoms with Crippen molar-refractivity contribution >= 4 is 46.4 Å². The Morgan fingerprint density at radius 2 is 0.759 bits per heavy atom. The molecule has 0 aliphatic carbocycles. The van der Waals surface area contributed by atoms with Gasteiger partial charge in [0, 0.05) is 22.1 Å². The summed E-state index contributed by atoms with van der Waals surface area (Å²) in [6.07, 6.45) is 8.09. The molecule has 5 rings (SSSR count). The first kappa shape index (κ1) is 19.3. The minimum absolute atomic E-state index is 0.939. The Kier molecular flexibility index (Phi) is 5.15. The van der Waals surface area contributed by atoms with Crippen LogP contribution >= 0.6 is 0 Å². The number of aromatic nitrogens is 4. The molecular weight excluding hydrogens is 411 g/mol. The maximum absolute atomic E-state index is 4.80. The number of fused-ring (bicyclic) bond motifs is 8. The molecule has 10 N–H and O–H groups in total. The van der Waals surface area contributed by atoms with Gasteiger partial charge in [0.2, 0.25) is 0 Å². The maximum atomic E-state index is 4.80. The van der Waals surface area contributed by atoms with Crippen molar-refractivity contribution in [2.75, 3.05) is 0 Å². The first-order valence-corrected chi connectivity index (χ1v) is 11.0. The van der Waals surface area contributed by atoms with Crippen LogP contribution in [-0.4, -0.2) is 19.9 Å². The van der Waals surface area contributed by atoms with Gasteiger partial charge in [-0.15, -0.1) is 0 Å². The van der Waals surface area contributed by atoms with Crippen LogP contribution in [-0.2, 0) is 13.5 Å². The SMILES string of the molecule is C1=Cc2cc3ccc(cc4nc(cc5ccc(cc1n2)[nH]5)C=C4)[nH]3.[NH2][Co]([NH2])([NH2])[NH2]. The van der Waals surface area contributed by atoms with Gasteiger partial charge >= 0.3 is 32.6 Å². The summed E-state index contributed by atoms with van der Waals surface area (Å²) in [5.41, 5.74) is 7.86. The molecule has 3 aromatic heterocycles. The van der Waals surface area contributed by atoms with E-state index in [1.54, 1.807) is 0 Å². The molecule has 0 radical (unpaired) electrons. The number of hydrogen-bond acceptors (Lipinski definition) is 6. The molecule has 5 heterocycles. The third kappa shape index (κ3) is 5.48. The van der Waals surface area contributed by atoms with Gasteiger partial charge in [0.25, 0.3) is 0 Å². The van der Waals surface area contributed by atoms with E-state index < -0.39 is 13.5 Å². The Bertz CT molecular complexity index is 1080. The molecule has 0 amide bonds. The molecule has 0 aromatic carbocycles. The van der Waals surface area contributed by atoms with E-state index >= 15 is 0 Å². The molecule has 0 fully saturated rings. The third-order valence-electron chi connectivity index (χ3n) is 4.04. The first-order valence-electron chi connectivity index (χ1n) is 8.62. The third-order valence-corrected chi connectivity index (χ3v) is 4.04. The van der Waals surface area contributed by atoms with Gasteiger partial charge < -0.3 is 9.97 Å². The Labute approximate surface area is 170 Å². The standard InChI is InChI=1S/C20H14N4.Co.4H2N/c1-2-14-10-16-5-6-18(23-16)12-20-8-7-19(24-20)11-17-4-3-15(22-17)9-13(1)21-14;;;;;/h1-12,21,24H;;4*1H2/q;+4;4*-1. The Balaban J connectivity index is 0.000000369. The quantitative estimate of drug-likeness (QED) is 0.220. The molecule has 29 heavy (non-hydrogen) atoms. The molecule has 8 bridgehead atoms. The molecule has 2 aliphatic heterocycles. The summed E-state index contributed by atoms with van der Waals surface area (Å²) < 4.78 is 0. The molecule has 8 nitrogen and oxygen atoms in total. The summed E-state index contributed by atoms with van der Waals surface area (Å²) in [5.74, 6) is 0. The number of hydrogen-bond donors (Lipinski definition) is 6. The molecule has 9 heteroatoms. The molecule has 0 atom stereocenters. The van der Waals surface area contributed by atoms with Crippen molar-refractivity contribution in [3.8, 4) is 0 Å². The van der Waals surface area contributed by atoms with Gasteiger partial charge in [0.05, 0.1) is 22.8 Å². The summed E-state index contributed by atoms with van der Waals surface area (Å²) >= 11 is -2.38. The van der Waals surface area contributed by atoms with E-state index in [0.29, 0.717) is 0 Å². The van der Waals surface area contributed by atoms with E-state index in [4.69, 9.17) is 19.1 Å². The Morgan fingerprint density at radius 1 is 0.517 bits per heavy atom. The van der Waals surface area contributed by atoms with Crippen LogP contribution in [0.15, 0.2) is 48.5 Å². The van der Waals surface area contributed by atoms with Crippen molar-refractivity contribution in [3.05, 3.63) is 71.3 Å². The van der Waals surface area contributed by atoms with Crippen LogP contribution in [0.1, 0.15) is 22.8 Å². The molecule has 151 valence electrons. The minimum atomic E-state index is -2.38. The van der Waals surface area contributed by atoms with E-state index in [9.17, 15) is 0 Å². The van der Waals surface area contributed by atoms with Crippen LogP contribution in [0.5, 0.6) is 0 Å². The fraction of sp³-hybridized carbons (Fsp3) is 0. The molecule has 0 saturated carbocycles. The normalized spacial score (nSPS) is 13.1. The fourth-order valence-electron chi connectivity index (χ4n) is 2.94. The second-order valence-corrected chi connectivity index (χ2v) is 8.65. The first-order chi connectivity index (χ1) is 13.8. The van der Waals surface area contributed by atoms with Crippen LogP contribution in [0.25, 0.3) is 46.4 Å². The number of nitrogens with zero attached hydrogens (tertiary/aromatic N) is 2. The summed E-state index contributed by atoms with van der Waals surface area (Å²) in [6.45, 7) is 0. The van der Waals surface area contributed by atoms with Crippen molar-refractivity contribution in [2.45, 2.75) is 0 Å².